The van der Waals surface area contributed by atoms with Crippen LogP contribution in [-0.4, -0.2) is 43.7 Å². The van der Waals surface area contributed by atoms with Crippen molar-refractivity contribution in [3.8, 4) is 0 Å². The van der Waals surface area contributed by atoms with Gasteiger partial charge in [0.05, 0.1) is 11.0 Å². The molecule has 0 radical (unpaired) electrons. The van der Waals surface area contributed by atoms with Gasteiger partial charge in [0.25, 0.3) is 5.56 Å². The average Bonchev–Trinajstić information content (AvgIpc) is 2.96. The number of rotatable bonds is 3. The molecule has 2 bridgehead atoms. The van der Waals surface area contributed by atoms with Crippen molar-refractivity contribution >= 4 is 17.0 Å². The predicted molar refractivity (Wildman–Crippen MR) is 116 cm³/mol. The molecule has 6 heteroatoms. The fourth-order valence-electron chi connectivity index (χ4n) is 5.98. The molecule has 2 saturated heterocycles. The molecule has 2 aliphatic heterocycles. The lowest BCUT2D eigenvalue weighted by Gasteiger charge is -2.43. The van der Waals surface area contributed by atoms with E-state index in [2.05, 4.69) is 22.0 Å². The van der Waals surface area contributed by atoms with Crippen molar-refractivity contribution in [3.63, 3.8) is 0 Å². The van der Waals surface area contributed by atoms with Crippen LogP contribution in [0, 0.1) is 0 Å². The third kappa shape index (κ3) is 3.37. The molecule has 1 unspecified atom stereocenters. The summed E-state index contributed by atoms with van der Waals surface area (Å²) in [5.74, 6) is -1.25. The molecular weight excluding hydrogens is 378 g/mol. The summed E-state index contributed by atoms with van der Waals surface area (Å²) in [5, 5.41) is 9.53. The maximum Gasteiger partial charge on any atom is 0.360 e. The van der Waals surface area contributed by atoms with Gasteiger partial charge in [0.1, 0.15) is 0 Å². The number of piperidine rings is 1. The first-order chi connectivity index (χ1) is 14.6. The Labute approximate surface area is 176 Å². The van der Waals surface area contributed by atoms with Crippen molar-refractivity contribution in [2.45, 2.75) is 82.0 Å². The molecule has 0 spiro atoms. The number of benzene rings is 1. The van der Waals surface area contributed by atoms with Gasteiger partial charge >= 0.3 is 5.97 Å². The van der Waals surface area contributed by atoms with Crippen molar-refractivity contribution in [2.24, 2.45) is 0 Å². The Balaban J connectivity index is 1.50. The standard InChI is InChI=1S/C24H29N3O3/c28-23-22(24(29)30)25-20-10-6-7-11-21(20)27(23)19-14-17-12-13-18(15-19)26(17)16-8-4-2-1-3-5-9-16/h4,6-8,10-11,16-19H,1-3,5,9,12-15H2,(H,29,30)/b8-4-/t16?,17-,18+,19+. The first-order valence-electron chi connectivity index (χ1n) is 11.3. The van der Waals surface area contributed by atoms with Crippen molar-refractivity contribution < 1.29 is 9.90 Å². The number of carbonyl (C=O) groups is 1. The number of hydrogen-bond donors (Lipinski definition) is 1. The molecule has 6 nitrogen and oxygen atoms in total. The summed E-state index contributed by atoms with van der Waals surface area (Å²) in [5.41, 5.74) is 0.486. The van der Waals surface area contributed by atoms with Crippen LogP contribution in [-0.2, 0) is 0 Å². The van der Waals surface area contributed by atoms with Gasteiger partial charge in [-0.3, -0.25) is 9.69 Å². The highest BCUT2D eigenvalue weighted by atomic mass is 16.4. The van der Waals surface area contributed by atoms with Gasteiger partial charge in [-0.1, -0.05) is 37.1 Å². The molecule has 1 aromatic heterocycles. The first-order valence-corrected chi connectivity index (χ1v) is 11.3. The Morgan fingerprint density at radius 1 is 1.00 bits per heavy atom. The Morgan fingerprint density at radius 3 is 2.53 bits per heavy atom. The molecule has 30 heavy (non-hydrogen) atoms. The van der Waals surface area contributed by atoms with Crippen LogP contribution in [0.5, 0.6) is 0 Å². The molecule has 4 atom stereocenters. The Kier molecular flexibility index (Phi) is 5.19. The quantitative estimate of drug-likeness (QED) is 0.774. The van der Waals surface area contributed by atoms with Crippen LogP contribution in [0.3, 0.4) is 0 Å². The SMILES string of the molecule is O=C(O)c1nc2ccccc2n([C@H]2C[C@H]3CC[C@@H](C2)N3C2/C=C\CCCCC2)c1=O. The molecule has 1 N–H and O–H groups in total. The highest BCUT2D eigenvalue weighted by Gasteiger charge is 2.44. The van der Waals surface area contributed by atoms with Gasteiger partial charge in [0.15, 0.2) is 0 Å². The minimum Gasteiger partial charge on any atom is -0.476 e. The van der Waals surface area contributed by atoms with Crippen molar-refractivity contribution in [1.82, 2.24) is 14.5 Å². The minimum absolute atomic E-state index is 0.0229. The van der Waals surface area contributed by atoms with E-state index in [0.29, 0.717) is 23.6 Å². The van der Waals surface area contributed by atoms with E-state index >= 15 is 0 Å². The molecule has 158 valence electrons. The zero-order chi connectivity index (χ0) is 20.7. The topological polar surface area (TPSA) is 75.4 Å². The fourth-order valence-corrected chi connectivity index (χ4v) is 5.98. The molecule has 0 amide bonds. The second kappa shape index (κ2) is 7.99. The number of allylic oxidation sites excluding steroid dienone is 1. The number of hydrogen-bond acceptors (Lipinski definition) is 4. The Hall–Kier alpha value is -2.47. The van der Waals surface area contributed by atoms with Crippen LogP contribution in [0.1, 0.15) is 74.3 Å². The maximum absolute atomic E-state index is 13.1. The monoisotopic (exact) mass is 407 g/mol. The zero-order valence-electron chi connectivity index (χ0n) is 17.2. The second-order valence-electron chi connectivity index (χ2n) is 9.02. The van der Waals surface area contributed by atoms with E-state index < -0.39 is 11.5 Å². The number of para-hydroxylation sites is 2. The van der Waals surface area contributed by atoms with E-state index in [-0.39, 0.29) is 11.7 Å². The predicted octanol–water partition coefficient (Wildman–Crippen LogP) is 4.15. The molecule has 2 fully saturated rings. The number of aromatic carboxylic acids is 1. The van der Waals surface area contributed by atoms with E-state index in [9.17, 15) is 14.7 Å². The summed E-state index contributed by atoms with van der Waals surface area (Å²) >= 11 is 0. The summed E-state index contributed by atoms with van der Waals surface area (Å²) < 4.78 is 1.74. The van der Waals surface area contributed by atoms with Crippen LogP contribution in [0.15, 0.2) is 41.2 Å². The summed E-state index contributed by atoms with van der Waals surface area (Å²) in [6, 6.07) is 8.85. The summed E-state index contributed by atoms with van der Waals surface area (Å²) in [6.45, 7) is 0. The third-order valence-electron chi connectivity index (χ3n) is 7.24. The van der Waals surface area contributed by atoms with E-state index in [1.165, 1.54) is 32.1 Å². The van der Waals surface area contributed by atoms with Crippen molar-refractivity contribution in [3.05, 3.63) is 52.5 Å². The molecule has 0 saturated carbocycles. The lowest BCUT2D eigenvalue weighted by Crippen LogP contribution is -2.49. The van der Waals surface area contributed by atoms with Gasteiger partial charge in [-0.25, -0.2) is 9.78 Å². The van der Waals surface area contributed by atoms with Gasteiger partial charge < -0.3 is 9.67 Å². The highest BCUT2D eigenvalue weighted by Crippen LogP contribution is 2.43. The number of carboxylic acid groups (broad SMARTS) is 1. The number of carboxylic acids is 1. The Morgan fingerprint density at radius 2 is 1.77 bits per heavy atom. The lowest BCUT2D eigenvalue weighted by atomic mass is 9.92. The smallest absolute Gasteiger partial charge is 0.360 e. The van der Waals surface area contributed by atoms with E-state index in [1.54, 1.807) is 10.6 Å². The Bertz CT molecular complexity index is 1030. The highest BCUT2D eigenvalue weighted by molar-refractivity contribution is 5.88. The van der Waals surface area contributed by atoms with Crippen LogP contribution < -0.4 is 5.56 Å². The van der Waals surface area contributed by atoms with Crippen LogP contribution in [0.2, 0.25) is 0 Å². The summed E-state index contributed by atoms with van der Waals surface area (Å²) in [4.78, 5) is 31.6. The van der Waals surface area contributed by atoms with E-state index in [0.717, 1.165) is 31.2 Å². The second-order valence-corrected chi connectivity index (χ2v) is 9.02. The lowest BCUT2D eigenvalue weighted by molar-refractivity contribution is 0.0680. The molecule has 3 heterocycles. The molecule has 3 aliphatic rings. The molecular formula is C24H29N3O3. The molecule has 1 aliphatic carbocycles. The third-order valence-corrected chi connectivity index (χ3v) is 7.24. The van der Waals surface area contributed by atoms with Crippen molar-refractivity contribution in [1.29, 1.82) is 0 Å². The van der Waals surface area contributed by atoms with Gasteiger partial charge in [-0.05, 0) is 57.1 Å². The van der Waals surface area contributed by atoms with Crippen LogP contribution in [0.4, 0.5) is 0 Å². The summed E-state index contributed by atoms with van der Waals surface area (Å²) in [6.07, 6.45) is 15.2. The van der Waals surface area contributed by atoms with E-state index in [1.807, 2.05) is 18.2 Å². The number of nitrogens with zero attached hydrogens (tertiary/aromatic N) is 3. The largest absolute Gasteiger partial charge is 0.476 e. The maximum atomic E-state index is 13.1. The normalized spacial score (nSPS) is 30.7. The minimum atomic E-state index is -1.25. The van der Waals surface area contributed by atoms with Gasteiger partial charge in [0, 0.05) is 24.2 Å². The molecule has 2 aromatic rings. The van der Waals surface area contributed by atoms with Gasteiger partial charge in [-0.15, -0.1) is 0 Å². The number of aromatic nitrogens is 2. The van der Waals surface area contributed by atoms with Gasteiger partial charge in [0.2, 0.25) is 5.69 Å². The average molecular weight is 408 g/mol. The van der Waals surface area contributed by atoms with Crippen molar-refractivity contribution in [2.75, 3.05) is 0 Å². The summed E-state index contributed by atoms with van der Waals surface area (Å²) in [7, 11) is 0. The molecule has 1 aromatic carbocycles. The molecule has 5 rings (SSSR count). The van der Waals surface area contributed by atoms with Crippen LogP contribution >= 0.6 is 0 Å². The van der Waals surface area contributed by atoms with E-state index in [4.69, 9.17) is 0 Å². The first kappa shape index (κ1) is 19.5. The zero-order valence-corrected chi connectivity index (χ0v) is 17.2. The van der Waals surface area contributed by atoms with Crippen LogP contribution in [0.25, 0.3) is 11.0 Å². The van der Waals surface area contributed by atoms with Gasteiger partial charge in [-0.2, -0.15) is 0 Å². The number of fused-ring (bicyclic) bond motifs is 3. The fraction of sp³-hybridized carbons (Fsp3) is 0.542.